The molecule has 3 rings (SSSR count). The fourth-order valence-electron chi connectivity index (χ4n) is 4.00. The largest absolute Gasteiger partial charge is 0.458 e. The summed E-state index contributed by atoms with van der Waals surface area (Å²) in [5, 5.41) is 7.37. The molecule has 126 valence electrons. The van der Waals surface area contributed by atoms with Gasteiger partial charge in [0.05, 0.1) is 18.0 Å². The van der Waals surface area contributed by atoms with Gasteiger partial charge in [-0.2, -0.15) is 5.10 Å². The van der Waals surface area contributed by atoms with Gasteiger partial charge in [0.2, 0.25) is 5.91 Å². The van der Waals surface area contributed by atoms with Crippen molar-refractivity contribution in [3.63, 3.8) is 0 Å². The molecular formula is C17H25N3O3. The third kappa shape index (κ3) is 2.86. The maximum atomic E-state index is 12.7. The Balaban J connectivity index is 1.71. The Hall–Kier alpha value is -1.85. The Morgan fingerprint density at radius 1 is 1.35 bits per heavy atom. The van der Waals surface area contributed by atoms with Gasteiger partial charge in [-0.3, -0.25) is 14.3 Å². The van der Waals surface area contributed by atoms with Crippen molar-refractivity contribution in [2.45, 2.75) is 64.5 Å². The lowest BCUT2D eigenvalue weighted by molar-refractivity contribution is -0.153. The standard InChI is InChI=1S/C17H25N3O3/c1-11-13(12(2)20(3)19-11)10-18-16(22)14-9-15(21)23-17(14)7-5-4-6-8-17/h14H,4-10H2,1-3H3,(H,18,22)/t14-/m1/s1. The SMILES string of the molecule is Cc1nn(C)c(C)c1CNC(=O)[C@H]1CC(=O)OC12CCCCC2. The number of rotatable bonds is 3. The van der Waals surface area contributed by atoms with Gasteiger partial charge in [-0.25, -0.2) is 0 Å². The molecule has 1 N–H and O–H groups in total. The molecule has 2 heterocycles. The van der Waals surface area contributed by atoms with E-state index < -0.39 is 5.60 Å². The number of carbonyl (C=O) groups excluding carboxylic acids is 2. The van der Waals surface area contributed by atoms with Gasteiger partial charge in [0.25, 0.3) is 0 Å². The number of ether oxygens (including phenoxy) is 1. The molecule has 1 aliphatic heterocycles. The molecule has 0 bridgehead atoms. The van der Waals surface area contributed by atoms with E-state index in [9.17, 15) is 9.59 Å². The lowest BCUT2D eigenvalue weighted by atomic mass is 9.75. The van der Waals surface area contributed by atoms with Gasteiger partial charge in [0.15, 0.2) is 0 Å². The average molecular weight is 319 g/mol. The van der Waals surface area contributed by atoms with E-state index >= 15 is 0 Å². The molecule has 6 heteroatoms. The summed E-state index contributed by atoms with van der Waals surface area (Å²) in [7, 11) is 1.90. The molecule has 1 atom stereocenters. The van der Waals surface area contributed by atoms with Crippen molar-refractivity contribution in [1.29, 1.82) is 0 Å². The van der Waals surface area contributed by atoms with Crippen LogP contribution in [-0.2, 0) is 27.9 Å². The van der Waals surface area contributed by atoms with Gasteiger partial charge >= 0.3 is 5.97 Å². The van der Waals surface area contributed by atoms with Crippen molar-refractivity contribution in [3.8, 4) is 0 Å². The van der Waals surface area contributed by atoms with E-state index in [1.54, 1.807) is 0 Å². The number of nitrogens with zero attached hydrogens (tertiary/aromatic N) is 2. The van der Waals surface area contributed by atoms with Crippen LogP contribution >= 0.6 is 0 Å². The summed E-state index contributed by atoms with van der Waals surface area (Å²) < 4.78 is 7.43. The summed E-state index contributed by atoms with van der Waals surface area (Å²) in [5.74, 6) is -0.659. The van der Waals surface area contributed by atoms with Crippen LogP contribution in [0.3, 0.4) is 0 Å². The smallest absolute Gasteiger partial charge is 0.307 e. The highest BCUT2D eigenvalue weighted by atomic mass is 16.6. The van der Waals surface area contributed by atoms with Gasteiger partial charge < -0.3 is 10.1 Å². The minimum atomic E-state index is -0.557. The molecule has 1 amide bonds. The topological polar surface area (TPSA) is 73.2 Å². The summed E-state index contributed by atoms with van der Waals surface area (Å²) in [6.07, 6.45) is 5.03. The molecule has 1 saturated carbocycles. The van der Waals surface area contributed by atoms with Crippen LogP contribution in [-0.4, -0.2) is 27.3 Å². The zero-order chi connectivity index (χ0) is 16.6. The van der Waals surface area contributed by atoms with Crippen LogP contribution in [0.1, 0.15) is 55.5 Å². The van der Waals surface area contributed by atoms with Crippen molar-refractivity contribution in [2.24, 2.45) is 13.0 Å². The highest BCUT2D eigenvalue weighted by Crippen LogP contribution is 2.44. The second-order valence-corrected chi connectivity index (χ2v) is 6.85. The van der Waals surface area contributed by atoms with Crippen molar-refractivity contribution < 1.29 is 14.3 Å². The van der Waals surface area contributed by atoms with Crippen LogP contribution in [0.15, 0.2) is 0 Å². The lowest BCUT2D eigenvalue weighted by Gasteiger charge is -2.36. The fraction of sp³-hybridized carbons (Fsp3) is 0.706. The monoisotopic (exact) mass is 319 g/mol. The zero-order valence-electron chi connectivity index (χ0n) is 14.1. The molecule has 1 saturated heterocycles. The molecule has 1 aromatic heterocycles. The van der Waals surface area contributed by atoms with Gasteiger partial charge in [0, 0.05) is 24.8 Å². The summed E-state index contributed by atoms with van der Waals surface area (Å²) in [4.78, 5) is 24.5. The number of amides is 1. The molecule has 23 heavy (non-hydrogen) atoms. The molecular weight excluding hydrogens is 294 g/mol. The number of hydrogen-bond acceptors (Lipinski definition) is 4. The first kappa shape index (κ1) is 16.0. The maximum Gasteiger partial charge on any atom is 0.307 e. The van der Waals surface area contributed by atoms with E-state index in [4.69, 9.17) is 4.74 Å². The molecule has 1 spiro atoms. The predicted molar refractivity (Wildman–Crippen MR) is 84.5 cm³/mol. The highest BCUT2D eigenvalue weighted by molar-refractivity contribution is 5.87. The van der Waals surface area contributed by atoms with Crippen LogP contribution in [0, 0.1) is 19.8 Å². The van der Waals surface area contributed by atoms with Crippen molar-refractivity contribution in [2.75, 3.05) is 0 Å². The van der Waals surface area contributed by atoms with E-state index in [2.05, 4.69) is 10.4 Å². The summed E-state index contributed by atoms with van der Waals surface area (Å²) in [6.45, 7) is 4.39. The van der Waals surface area contributed by atoms with Crippen molar-refractivity contribution in [3.05, 3.63) is 17.0 Å². The molecule has 6 nitrogen and oxygen atoms in total. The molecule has 0 aromatic carbocycles. The Labute approximate surface area is 136 Å². The maximum absolute atomic E-state index is 12.7. The second kappa shape index (κ2) is 5.98. The first-order chi connectivity index (χ1) is 10.9. The number of nitrogens with one attached hydrogen (secondary N) is 1. The number of hydrogen-bond donors (Lipinski definition) is 1. The van der Waals surface area contributed by atoms with E-state index in [0.29, 0.717) is 6.54 Å². The predicted octanol–water partition coefficient (Wildman–Crippen LogP) is 1.92. The van der Waals surface area contributed by atoms with Crippen LogP contribution in [0.25, 0.3) is 0 Å². The Morgan fingerprint density at radius 3 is 2.65 bits per heavy atom. The van der Waals surface area contributed by atoms with E-state index in [1.807, 2.05) is 25.6 Å². The fourth-order valence-corrected chi connectivity index (χ4v) is 4.00. The first-order valence-corrected chi connectivity index (χ1v) is 8.41. The van der Waals surface area contributed by atoms with Crippen LogP contribution in [0.4, 0.5) is 0 Å². The van der Waals surface area contributed by atoms with Crippen LogP contribution in [0.2, 0.25) is 0 Å². The molecule has 1 aliphatic carbocycles. The van der Waals surface area contributed by atoms with Crippen LogP contribution < -0.4 is 5.32 Å². The number of aryl methyl sites for hydroxylation is 2. The Bertz CT molecular complexity index is 629. The van der Waals surface area contributed by atoms with Crippen molar-refractivity contribution in [1.82, 2.24) is 15.1 Å². The van der Waals surface area contributed by atoms with E-state index in [-0.39, 0.29) is 24.2 Å². The Morgan fingerprint density at radius 2 is 2.04 bits per heavy atom. The third-order valence-corrected chi connectivity index (χ3v) is 5.44. The number of aromatic nitrogens is 2. The minimum absolute atomic E-state index is 0.0691. The van der Waals surface area contributed by atoms with Gasteiger partial charge in [-0.05, 0) is 39.5 Å². The highest BCUT2D eigenvalue weighted by Gasteiger charge is 2.52. The molecule has 2 aliphatic rings. The number of esters is 1. The van der Waals surface area contributed by atoms with Gasteiger partial charge in [-0.15, -0.1) is 0 Å². The Kier molecular flexibility index (Phi) is 4.17. The molecule has 0 radical (unpaired) electrons. The van der Waals surface area contributed by atoms with Crippen LogP contribution in [0.5, 0.6) is 0 Å². The summed E-state index contributed by atoms with van der Waals surface area (Å²) in [5.41, 5.74) is 2.47. The zero-order valence-corrected chi connectivity index (χ0v) is 14.1. The normalized spacial score (nSPS) is 23.1. The lowest BCUT2D eigenvalue weighted by Crippen LogP contribution is -2.45. The van der Waals surface area contributed by atoms with Gasteiger partial charge in [0.1, 0.15) is 5.60 Å². The third-order valence-electron chi connectivity index (χ3n) is 5.44. The number of carbonyl (C=O) groups is 2. The van der Waals surface area contributed by atoms with Crippen molar-refractivity contribution >= 4 is 11.9 Å². The molecule has 0 unspecified atom stereocenters. The van der Waals surface area contributed by atoms with Gasteiger partial charge in [-0.1, -0.05) is 6.42 Å². The van der Waals surface area contributed by atoms with E-state index in [0.717, 1.165) is 49.1 Å². The summed E-state index contributed by atoms with van der Waals surface area (Å²) in [6, 6.07) is 0. The minimum Gasteiger partial charge on any atom is -0.458 e. The summed E-state index contributed by atoms with van der Waals surface area (Å²) >= 11 is 0. The quantitative estimate of drug-likeness (QED) is 0.864. The molecule has 1 aromatic rings. The van der Waals surface area contributed by atoms with E-state index in [1.165, 1.54) is 0 Å². The average Bonchev–Trinajstić information content (AvgIpc) is 2.95. The molecule has 2 fully saturated rings. The second-order valence-electron chi connectivity index (χ2n) is 6.85. The first-order valence-electron chi connectivity index (χ1n) is 8.41.